The van der Waals surface area contributed by atoms with E-state index in [2.05, 4.69) is 4.98 Å². The number of hydrogen-bond acceptors (Lipinski definition) is 1. The van der Waals surface area contributed by atoms with Gasteiger partial charge in [-0.15, -0.1) is 0 Å². The van der Waals surface area contributed by atoms with Gasteiger partial charge >= 0.3 is 0 Å². The SMILES string of the molecule is Fc1ccc(CC/N=C2\CCCc3c2[nH]c2ccc(F)cc32)cc1. The van der Waals surface area contributed by atoms with Crippen LogP contribution in [-0.4, -0.2) is 17.2 Å². The minimum Gasteiger partial charge on any atom is -0.353 e. The number of aliphatic imine (C=N–C) groups is 1. The Bertz CT molecular complexity index is 907. The van der Waals surface area contributed by atoms with Crippen LogP contribution in [0.25, 0.3) is 10.9 Å². The summed E-state index contributed by atoms with van der Waals surface area (Å²) in [5.74, 6) is -0.419. The lowest BCUT2D eigenvalue weighted by Gasteiger charge is -2.14. The number of H-pyrrole nitrogens is 1. The number of fused-ring (bicyclic) bond motifs is 3. The summed E-state index contributed by atoms with van der Waals surface area (Å²) in [6, 6.07) is 11.4. The van der Waals surface area contributed by atoms with Crippen molar-refractivity contribution in [1.82, 2.24) is 4.98 Å². The molecule has 24 heavy (non-hydrogen) atoms. The Kier molecular flexibility index (Phi) is 3.89. The van der Waals surface area contributed by atoms with Crippen molar-refractivity contribution in [2.24, 2.45) is 4.99 Å². The summed E-state index contributed by atoms with van der Waals surface area (Å²) in [6.45, 7) is 0.671. The zero-order valence-corrected chi connectivity index (χ0v) is 13.3. The van der Waals surface area contributed by atoms with Crippen molar-refractivity contribution < 1.29 is 8.78 Å². The summed E-state index contributed by atoms with van der Waals surface area (Å²) in [7, 11) is 0. The Morgan fingerprint density at radius 1 is 0.958 bits per heavy atom. The fourth-order valence-electron chi connectivity index (χ4n) is 3.41. The molecule has 1 heterocycles. The molecule has 0 atom stereocenters. The number of nitrogens with one attached hydrogen (secondary N) is 1. The van der Waals surface area contributed by atoms with Crippen LogP contribution in [-0.2, 0) is 12.8 Å². The summed E-state index contributed by atoms with van der Waals surface area (Å²) in [5.41, 5.74) is 5.34. The van der Waals surface area contributed by atoms with Gasteiger partial charge in [-0.1, -0.05) is 12.1 Å². The molecule has 4 heteroatoms. The molecule has 122 valence electrons. The average molecular weight is 324 g/mol. The highest BCUT2D eigenvalue weighted by molar-refractivity contribution is 6.06. The Morgan fingerprint density at radius 2 is 1.75 bits per heavy atom. The van der Waals surface area contributed by atoms with Gasteiger partial charge < -0.3 is 4.98 Å². The van der Waals surface area contributed by atoms with Gasteiger partial charge in [-0.05, 0) is 67.1 Å². The van der Waals surface area contributed by atoms with Gasteiger partial charge in [0.25, 0.3) is 0 Å². The summed E-state index contributed by atoms with van der Waals surface area (Å²) < 4.78 is 26.5. The van der Waals surface area contributed by atoms with E-state index < -0.39 is 0 Å². The molecular weight excluding hydrogens is 306 g/mol. The van der Waals surface area contributed by atoms with Crippen molar-refractivity contribution in [2.75, 3.05) is 6.54 Å². The molecule has 0 bridgehead atoms. The summed E-state index contributed by atoms with van der Waals surface area (Å²) in [4.78, 5) is 8.16. The lowest BCUT2D eigenvalue weighted by Crippen LogP contribution is -2.12. The number of halogens is 2. The third-order valence-electron chi connectivity index (χ3n) is 4.61. The zero-order chi connectivity index (χ0) is 16.5. The van der Waals surface area contributed by atoms with Crippen molar-refractivity contribution >= 4 is 16.6 Å². The minimum atomic E-state index is -0.215. The number of aryl methyl sites for hydroxylation is 1. The van der Waals surface area contributed by atoms with E-state index in [1.54, 1.807) is 24.3 Å². The van der Waals surface area contributed by atoms with Gasteiger partial charge in [-0.25, -0.2) is 8.78 Å². The molecule has 1 aliphatic rings. The summed E-state index contributed by atoms with van der Waals surface area (Å²) in [5, 5.41) is 0.968. The molecule has 1 aromatic heterocycles. The van der Waals surface area contributed by atoms with E-state index in [1.807, 2.05) is 0 Å². The molecule has 0 saturated heterocycles. The fourth-order valence-corrected chi connectivity index (χ4v) is 3.41. The van der Waals surface area contributed by atoms with Crippen LogP contribution in [0.5, 0.6) is 0 Å². The van der Waals surface area contributed by atoms with Gasteiger partial charge in [0, 0.05) is 17.4 Å². The molecule has 1 aliphatic carbocycles. The number of benzene rings is 2. The molecule has 0 aliphatic heterocycles. The number of aromatic nitrogens is 1. The van der Waals surface area contributed by atoms with Gasteiger partial charge in [0.15, 0.2) is 0 Å². The van der Waals surface area contributed by atoms with Crippen LogP contribution in [0.2, 0.25) is 0 Å². The van der Waals surface area contributed by atoms with Crippen LogP contribution in [0.15, 0.2) is 47.5 Å². The molecule has 2 nitrogen and oxygen atoms in total. The van der Waals surface area contributed by atoms with E-state index in [0.29, 0.717) is 6.54 Å². The maximum atomic E-state index is 13.5. The second-order valence-electron chi connectivity index (χ2n) is 6.23. The molecule has 2 aromatic carbocycles. The second-order valence-corrected chi connectivity index (χ2v) is 6.23. The van der Waals surface area contributed by atoms with E-state index >= 15 is 0 Å². The quantitative estimate of drug-likeness (QED) is 0.716. The van der Waals surface area contributed by atoms with Crippen LogP contribution >= 0.6 is 0 Å². The van der Waals surface area contributed by atoms with Crippen LogP contribution < -0.4 is 0 Å². The third kappa shape index (κ3) is 2.84. The van der Waals surface area contributed by atoms with Crippen molar-refractivity contribution in [3.63, 3.8) is 0 Å². The number of hydrogen-bond donors (Lipinski definition) is 1. The minimum absolute atomic E-state index is 0.204. The molecule has 1 N–H and O–H groups in total. The first-order valence-corrected chi connectivity index (χ1v) is 8.29. The summed E-state index contributed by atoms with van der Waals surface area (Å²) >= 11 is 0. The van der Waals surface area contributed by atoms with E-state index in [-0.39, 0.29) is 11.6 Å². The predicted octanol–water partition coefficient (Wildman–Crippen LogP) is 4.81. The van der Waals surface area contributed by atoms with Crippen molar-refractivity contribution in [3.05, 3.63) is 70.9 Å². The van der Waals surface area contributed by atoms with Crippen LogP contribution in [0.1, 0.15) is 29.7 Å². The molecule has 0 spiro atoms. The Morgan fingerprint density at radius 3 is 2.58 bits per heavy atom. The molecule has 4 rings (SSSR count). The molecule has 0 unspecified atom stereocenters. The number of aromatic amines is 1. The van der Waals surface area contributed by atoms with E-state index in [1.165, 1.54) is 23.8 Å². The van der Waals surface area contributed by atoms with Crippen LogP contribution in [0.4, 0.5) is 8.78 Å². The van der Waals surface area contributed by atoms with Gasteiger partial charge in [-0.3, -0.25) is 4.99 Å². The highest BCUT2D eigenvalue weighted by Crippen LogP contribution is 2.30. The van der Waals surface area contributed by atoms with Crippen LogP contribution in [0, 0.1) is 11.6 Å². The van der Waals surface area contributed by atoms with Crippen molar-refractivity contribution in [2.45, 2.75) is 25.7 Å². The topological polar surface area (TPSA) is 28.1 Å². The highest BCUT2D eigenvalue weighted by Gasteiger charge is 2.20. The predicted molar refractivity (Wildman–Crippen MR) is 92.7 cm³/mol. The van der Waals surface area contributed by atoms with Crippen LogP contribution in [0.3, 0.4) is 0 Å². The first-order chi connectivity index (χ1) is 11.7. The maximum absolute atomic E-state index is 13.5. The monoisotopic (exact) mass is 324 g/mol. The maximum Gasteiger partial charge on any atom is 0.123 e. The lowest BCUT2D eigenvalue weighted by atomic mass is 9.94. The Balaban J connectivity index is 1.59. The molecule has 0 saturated carbocycles. The normalized spacial score (nSPS) is 15.8. The fraction of sp³-hybridized carbons (Fsp3) is 0.250. The molecule has 0 radical (unpaired) electrons. The van der Waals surface area contributed by atoms with E-state index in [0.717, 1.165) is 53.6 Å². The molecular formula is C20H18F2N2. The van der Waals surface area contributed by atoms with Crippen molar-refractivity contribution in [3.8, 4) is 0 Å². The van der Waals surface area contributed by atoms with Gasteiger partial charge in [0.1, 0.15) is 11.6 Å². The highest BCUT2D eigenvalue weighted by atomic mass is 19.1. The first-order valence-electron chi connectivity index (χ1n) is 8.29. The smallest absolute Gasteiger partial charge is 0.123 e. The Labute approximate surface area is 139 Å². The molecule has 3 aromatic rings. The van der Waals surface area contributed by atoms with E-state index in [9.17, 15) is 8.78 Å². The standard InChI is InChI=1S/C20H18F2N2/c21-14-6-4-13(5-7-14)10-11-23-19-3-1-2-16-17-12-15(22)8-9-18(17)24-20(16)19/h4-9,12,24H,1-3,10-11H2/b23-19+. The van der Waals surface area contributed by atoms with Gasteiger partial charge in [0.05, 0.1) is 11.4 Å². The lowest BCUT2D eigenvalue weighted by molar-refractivity contribution is 0.627. The largest absolute Gasteiger partial charge is 0.353 e. The average Bonchev–Trinajstić information content (AvgIpc) is 2.95. The number of nitrogens with zero attached hydrogens (tertiary/aromatic N) is 1. The number of rotatable bonds is 3. The first kappa shape index (κ1) is 15.1. The zero-order valence-electron chi connectivity index (χ0n) is 13.3. The van der Waals surface area contributed by atoms with Gasteiger partial charge in [-0.2, -0.15) is 0 Å². The Hall–Kier alpha value is -2.49. The van der Waals surface area contributed by atoms with E-state index in [4.69, 9.17) is 4.99 Å². The third-order valence-corrected chi connectivity index (χ3v) is 4.61. The van der Waals surface area contributed by atoms with Crippen molar-refractivity contribution in [1.29, 1.82) is 0 Å². The molecule has 0 amide bonds. The summed E-state index contributed by atoms with van der Waals surface area (Å²) in [6.07, 6.45) is 3.71. The second kappa shape index (κ2) is 6.19. The van der Waals surface area contributed by atoms with Gasteiger partial charge in [0.2, 0.25) is 0 Å². The molecule has 0 fully saturated rings.